The molecule has 1 heterocycles. The van der Waals surface area contributed by atoms with Crippen molar-refractivity contribution in [1.82, 2.24) is 9.88 Å². The van der Waals surface area contributed by atoms with Gasteiger partial charge in [-0.15, -0.1) is 11.3 Å². The van der Waals surface area contributed by atoms with Crippen LogP contribution in [0.2, 0.25) is 0 Å². The molecule has 0 saturated carbocycles. The Labute approximate surface area is 122 Å². The van der Waals surface area contributed by atoms with Gasteiger partial charge in [-0.25, -0.2) is 9.78 Å². The molecular formula is C15H18N2O2S. The number of thiazole rings is 1. The van der Waals surface area contributed by atoms with Gasteiger partial charge in [0.05, 0.1) is 10.7 Å². The summed E-state index contributed by atoms with van der Waals surface area (Å²) in [6.45, 7) is 0.872. The zero-order valence-corrected chi connectivity index (χ0v) is 12.5. The SMILES string of the molecule is CN(C)CCc1nc(Cc2ccccc2)c(C(=O)O)s1. The minimum atomic E-state index is -0.885. The third kappa shape index (κ3) is 3.88. The highest BCUT2D eigenvalue weighted by atomic mass is 32.1. The lowest BCUT2D eigenvalue weighted by Gasteiger charge is -2.06. The van der Waals surface area contributed by atoms with Crippen molar-refractivity contribution in [2.24, 2.45) is 0 Å². The van der Waals surface area contributed by atoms with Crippen LogP contribution in [0.1, 0.15) is 25.9 Å². The van der Waals surface area contributed by atoms with Gasteiger partial charge in [-0.2, -0.15) is 0 Å². The number of hydrogen-bond donors (Lipinski definition) is 1. The maximum Gasteiger partial charge on any atom is 0.347 e. The number of rotatable bonds is 6. The van der Waals surface area contributed by atoms with Crippen LogP contribution in [0.15, 0.2) is 30.3 Å². The third-order valence-corrected chi connectivity index (χ3v) is 4.07. The van der Waals surface area contributed by atoms with Gasteiger partial charge >= 0.3 is 5.97 Å². The molecule has 2 aromatic rings. The number of hydrogen-bond acceptors (Lipinski definition) is 4. The summed E-state index contributed by atoms with van der Waals surface area (Å²) in [5, 5.41) is 10.2. The topological polar surface area (TPSA) is 53.4 Å². The second-order valence-electron chi connectivity index (χ2n) is 4.90. The second kappa shape index (κ2) is 6.63. The number of likely N-dealkylation sites (N-methyl/N-ethyl adjacent to an activating group) is 1. The first-order valence-corrected chi connectivity index (χ1v) is 7.28. The van der Waals surface area contributed by atoms with Crippen LogP contribution in [-0.2, 0) is 12.8 Å². The highest BCUT2D eigenvalue weighted by molar-refractivity contribution is 7.13. The molecule has 4 nitrogen and oxygen atoms in total. The molecule has 20 heavy (non-hydrogen) atoms. The van der Waals surface area contributed by atoms with E-state index in [0.717, 1.165) is 23.5 Å². The summed E-state index contributed by atoms with van der Waals surface area (Å²) >= 11 is 1.29. The first-order chi connectivity index (χ1) is 9.56. The molecular weight excluding hydrogens is 272 g/mol. The van der Waals surface area contributed by atoms with Crippen LogP contribution in [0, 0.1) is 0 Å². The van der Waals surface area contributed by atoms with Crippen LogP contribution < -0.4 is 0 Å². The van der Waals surface area contributed by atoms with Gasteiger partial charge in [0.25, 0.3) is 0 Å². The van der Waals surface area contributed by atoms with Gasteiger partial charge in [-0.3, -0.25) is 0 Å². The van der Waals surface area contributed by atoms with E-state index in [9.17, 15) is 9.90 Å². The Morgan fingerprint density at radius 1 is 1.30 bits per heavy atom. The third-order valence-electron chi connectivity index (χ3n) is 2.92. The van der Waals surface area contributed by atoms with Gasteiger partial charge < -0.3 is 10.0 Å². The van der Waals surface area contributed by atoms with E-state index in [0.29, 0.717) is 17.0 Å². The molecule has 0 aliphatic rings. The average Bonchev–Trinajstić information content (AvgIpc) is 2.81. The molecule has 0 atom stereocenters. The monoisotopic (exact) mass is 290 g/mol. The van der Waals surface area contributed by atoms with E-state index in [1.165, 1.54) is 11.3 Å². The number of aromatic nitrogens is 1. The highest BCUT2D eigenvalue weighted by Crippen LogP contribution is 2.22. The van der Waals surface area contributed by atoms with E-state index in [2.05, 4.69) is 9.88 Å². The highest BCUT2D eigenvalue weighted by Gasteiger charge is 2.17. The van der Waals surface area contributed by atoms with E-state index in [1.54, 1.807) is 0 Å². The zero-order chi connectivity index (χ0) is 14.5. The summed E-state index contributed by atoms with van der Waals surface area (Å²) < 4.78 is 0. The van der Waals surface area contributed by atoms with Crippen LogP contribution in [0.3, 0.4) is 0 Å². The van der Waals surface area contributed by atoms with Crippen molar-refractivity contribution in [2.45, 2.75) is 12.8 Å². The Morgan fingerprint density at radius 2 is 2.00 bits per heavy atom. The maximum absolute atomic E-state index is 11.3. The fourth-order valence-corrected chi connectivity index (χ4v) is 2.81. The first kappa shape index (κ1) is 14.7. The summed E-state index contributed by atoms with van der Waals surface area (Å²) in [6.07, 6.45) is 1.35. The molecule has 2 rings (SSSR count). The van der Waals surface area contributed by atoms with Gasteiger partial charge in [0.2, 0.25) is 0 Å². The standard InChI is InChI=1S/C15H18N2O2S/c1-17(2)9-8-13-16-12(14(20-13)15(18)19)10-11-6-4-3-5-7-11/h3-7H,8-10H2,1-2H3,(H,18,19). The largest absolute Gasteiger partial charge is 0.477 e. The van der Waals surface area contributed by atoms with Gasteiger partial charge in [0.1, 0.15) is 4.88 Å². The fourth-order valence-electron chi connectivity index (χ4n) is 1.90. The van der Waals surface area contributed by atoms with Crippen molar-refractivity contribution in [2.75, 3.05) is 20.6 Å². The minimum absolute atomic E-state index is 0.364. The number of carboxylic acid groups (broad SMARTS) is 1. The van der Waals surface area contributed by atoms with Gasteiger partial charge in [-0.05, 0) is 19.7 Å². The molecule has 0 saturated heterocycles. The number of aromatic carboxylic acids is 1. The van der Waals surface area contributed by atoms with E-state index in [4.69, 9.17) is 0 Å². The molecule has 1 aromatic heterocycles. The second-order valence-corrected chi connectivity index (χ2v) is 5.99. The molecule has 0 radical (unpaired) electrons. The maximum atomic E-state index is 11.3. The van der Waals surface area contributed by atoms with E-state index in [-0.39, 0.29) is 0 Å². The summed E-state index contributed by atoms with van der Waals surface area (Å²) in [6, 6.07) is 9.84. The van der Waals surface area contributed by atoms with Crippen molar-refractivity contribution in [1.29, 1.82) is 0 Å². The predicted molar refractivity (Wildman–Crippen MR) is 80.6 cm³/mol. The van der Waals surface area contributed by atoms with Crippen LogP contribution in [0.25, 0.3) is 0 Å². The molecule has 0 fully saturated rings. The Hall–Kier alpha value is -1.72. The quantitative estimate of drug-likeness (QED) is 0.888. The van der Waals surface area contributed by atoms with Crippen molar-refractivity contribution >= 4 is 17.3 Å². The van der Waals surface area contributed by atoms with Crippen molar-refractivity contribution in [3.8, 4) is 0 Å². The Kier molecular flexibility index (Phi) is 4.87. The summed E-state index contributed by atoms with van der Waals surface area (Å²) in [7, 11) is 3.99. The van der Waals surface area contributed by atoms with Crippen LogP contribution in [0.5, 0.6) is 0 Å². The lowest BCUT2D eigenvalue weighted by atomic mass is 10.1. The molecule has 0 unspecified atom stereocenters. The number of nitrogens with zero attached hydrogens (tertiary/aromatic N) is 2. The molecule has 0 bridgehead atoms. The molecule has 5 heteroatoms. The van der Waals surface area contributed by atoms with Crippen LogP contribution in [0.4, 0.5) is 0 Å². The van der Waals surface area contributed by atoms with Gasteiger partial charge in [-0.1, -0.05) is 30.3 Å². The Bertz CT molecular complexity index is 579. The summed E-state index contributed by atoms with van der Waals surface area (Å²) in [5.41, 5.74) is 1.75. The van der Waals surface area contributed by atoms with E-state index < -0.39 is 5.97 Å². The first-order valence-electron chi connectivity index (χ1n) is 6.47. The summed E-state index contributed by atoms with van der Waals surface area (Å²) in [5.74, 6) is -0.885. The Balaban J connectivity index is 2.20. The number of benzene rings is 1. The number of carbonyl (C=O) groups is 1. The minimum Gasteiger partial charge on any atom is -0.477 e. The van der Waals surface area contributed by atoms with Gasteiger partial charge in [0.15, 0.2) is 0 Å². The molecule has 1 aromatic carbocycles. The normalized spacial score (nSPS) is 10.9. The molecule has 1 N–H and O–H groups in total. The van der Waals surface area contributed by atoms with Crippen LogP contribution in [-0.4, -0.2) is 41.6 Å². The molecule has 0 aliphatic heterocycles. The fraction of sp³-hybridized carbons (Fsp3) is 0.333. The molecule has 0 spiro atoms. The Morgan fingerprint density at radius 3 is 2.60 bits per heavy atom. The average molecular weight is 290 g/mol. The molecule has 0 aliphatic carbocycles. The predicted octanol–water partition coefficient (Wildman–Crippen LogP) is 2.54. The van der Waals surface area contributed by atoms with Gasteiger partial charge in [0, 0.05) is 19.4 Å². The zero-order valence-electron chi connectivity index (χ0n) is 11.7. The number of carboxylic acids is 1. The molecule has 0 amide bonds. The lowest BCUT2D eigenvalue weighted by Crippen LogP contribution is -2.14. The summed E-state index contributed by atoms with van der Waals surface area (Å²) in [4.78, 5) is 18.3. The van der Waals surface area contributed by atoms with Crippen molar-refractivity contribution in [3.63, 3.8) is 0 Å². The lowest BCUT2D eigenvalue weighted by molar-refractivity contribution is 0.0701. The van der Waals surface area contributed by atoms with Crippen LogP contribution >= 0.6 is 11.3 Å². The van der Waals surface area contributed by atoms with Crippen molar-refractivity contribution < 1.29 is 9.90 Å². The molecule has 106 valence electrons. The van der Waals surface area contributed by atoms with E-state index >= 15 is 0 Å². The smallest absolute Gasteiger partial charge is 0.347 e. The van der Waals surface area contributed by atoms with Crippen molar-refractivity contribution in [3.05, 3.63) is 51.5 Å². The van der Waals surface area contributed by atoms with E-state index in [1.807, 2.05) is 44.4 Å².